The summed E-state index contributed by atoms with van der Waals surface area (Å²) < 4.78 is 11.1. The molecule has 0 amide bonds. The summed E-state index contributed by atoms with van der Waals surface area (Å²) >= 11 is 0. The molecule has 1 saturated heterocycles. The number of rotatable bonds is 13. The van der Waals surface area contributed by atoms with Gasteiger partial charge in [0.25, 0.3) is 0 Å². The van der Waals surface area contributed by atoms with Crippen LogP contribution >= 0.6 is 7.26 Å². The van der Waals surface area contributed by atoms with E-state index in [9.17, 15) is 0 Å². The molecule has 0 aromatic heterocycles. The lowest BCUT2D eigenvalue weighted by Gasteiger charge is -2.27. The van der Waals surface area contributed by atoms with Gasteiger partial charge in [0.2, 0.25) is 0 Å². The predicted molar refractivity (Wildman–Crippen MR) is 143 cm³/mol. The molecule has 174 valence electrons. The minimum atomic E-state index is -1.66. The maximum absolute atomic E-state index is 5.53. The fraction of sp³-hybridized carbons (Fsp3) is 0.400. The van der Waals surface area contributed by atoms with Crippen molar-refractivity contribution >= 4 is 23.2 Å². The first kappa shape index (κ1) is 24.1. The van der Waals surface area contributed by atoms with Crippen molar-refractivity contribution in [3.8, 4) is 0 Å². The molecule has 1 aliphatic rings. The standard InChI is InChI=1S/C30H38O2P/c1(2-4-15-23-30-31-24-25-32-30)3-5-16-26-33(27-17-9-6-10-18-27,28-19-11-7-12-20-28)29-21-13-8-14-22-29/h6-14,17-22,30H,1-5,15-16,23-26H2/q+1. The minimum absolute atomic E-state index is 0.0658. The summed E-state index contributed by atoms with van der Waals surface area (Å²) in [5, 5.41) is 4.50. The second kappa shape index (κ2) is 13.0. The molecular weight excluding hydrogens is 423 g/mol. The van der Waals surface area contributed by atoms with Gasteiger partial charge in [-0.15, -0.1) is 0 Å². The van der Waals surface area contributed by atoms with Crippen LogP contribution in [0.5, 0.6) is 0 Å². The first-order valence-electron chi connectivity index (χ1n) is 12.7. The van der Waals surface area contributed by atoms with E-state index in [1.807, 2.05) is 0 Å². The van der Waals surface area contributed by atoms with Crippen molar-refractivity contribution < 1.29 is 9.47 Å². The van der Waals surface area contributed by atoms with Crippen LogP contribution in [0.3, 0.4) is 0 Å². The third-order valence-electron chi connectivity index (χ3n) is 6.72. The van der Waals surface area contributed by atoms with Crippen molar-refractivity contribution in [1.29, 1.82) is 0 Å². The second-order valence-electron chi connectivity index (χ2n) is 8.97. The summed E-state index contributed by atoms with van der Waals surface area (Å²) in [7, 11) is -1.66. The van der Waals surface area contributed by atoms with E-state index >= 15 is 0 Å². The summed E-state index contributed by atoms with van der Waals surface area (Å²) in [6, 6.07) is 33.8. The van der Waals surface area contributed by atoms with E-state index in [-0.39, 0.29) is 6.29 Å². The molecule has 4 rings (SSSR count). The van der Waals surface area contributed by atoms with E-state index in [0.717, 1.165) is 19.6 Å². The van der Waals surface area contributed by atoms with Crippen LogP contribution in [-0.2, 0) is 9.47 Å². The van der Waals surface area contributed by atoms with Crippen LogP contribution in [0.2, 0.25) is 0 Å². The summed E-state index contributed by atoms with van der Waals surface area (Å²) in [6.45, 7) is 1.54. The van der Waals surface area contributed by atoms with Crippen molar-refractivity contribution in [3.63, 3.8) is 0 Å². The van der Waals surface area contributed by atoms with Crippen LogP contribution in [0, 0.1) is 0 Å². The molecule has 1 fully saturated rings. The molecule has 0 N–H and O–H groups in total. The fourth-order valence-electron chi connectivity index (χ4n) is 5.00. The zero-order chi connectivity index (χ0) is 22.6. The van der Waals surface area contributed by atoms with Crippen LogP contribution in [0.15, 0.2) is 91.0 Å². The Morgan fingerprint density at radius 3 is 1.36 bits per heavy atom. The lowest BCUT2D eigenvalue weighted by atomic mass is 10.1. The van der Waals surface area contributed by atoms with Crippen LogP contribution in [0.1, 0.15) is 51.4 Å². The van der Waals surface area contributed by atoms with Gasteiger partial charge >= 0.3 is 0 Å². The normalized spacial score (nSPS) is 14.5. The minimum Gasteiger partial charge on any atom is -0.350 e. The van der Waals surface area contributed by atoms with Crippen molar-refractivity contribution in [2.45, 2.75) is 57.7 Å². The number of hydrogen-bond donors (Lipinski definition) is 0. The van der Waals surface area contributed by atoms with Gasteiger partial charge in [0.05, 0.1) is 19.4 Å². The Labute approximate surface area is 200 Å². The molecule has 0 saturated carbocycles. The molecule has 0 spiro atoms. The molecular formula is C30H38O2P+. The van der Waals surface area contributed by atoms with E-state index in [1.165, 1.54) is 67.0 Å². The second-order valence-corrected chi connectivity index (χ2v) is 12.6. The van der Waals surface area contributed by atoms with Crippen molar-refractivity contribution in [2.75, 3.05) is 19.4 Å². The Bertz CT molecular complexity index is 811. The van der Waals surface area contributed by atoms with E-state index in [2.05, 4.69) is 91.0 Å². The fourth-order valence-corrected chi connectivity index (χ4v) is 9.41. The van der Waals surface area contributed by atoms with Gasteiger partial charge in [-0.2, -0.15) is 0 Å². The molecule has 1 heterocycles. The van der Waals surface area contributed by atoms with Crippen molar-refractivity contribution in [1.82, 2.24) is 0 Å². The molecule has 3 aromatic carbocycles. The third-order valence-corrected chi connectivity index (χ3v) is 11.2. The molecule has 2 nitrogen and oxygen atoms in total. The molecule has 0 atom stereocenters. The number of hydrogen-bond acceptors (Lipinski definition) is 2. The highest BCUT2D eigenvalue weighted by Gasteiger charge is 2.44. The van der Waals surface area contributed by atoms with Gasteiger partial charge < -0.3 is 9.47 Å². The highest BCUT2D eigenvalue weighted by atomic mass is 31.2. The Hall–Kier alpha value is -1.99. The van der Waals surface area contributed by atoms with Crippen molar-refractivity contribution in [3.05, 3.63) is 91.0 Å². The highest BCUT2D eigenvalue weighted by molar-refractivity contribution is 7.95. The summed E-state index contributed by atoms with van der Waals surface area (Å²) in [5.41, 5.74) is 0. The van der Waals surface area contributed by atoms with Gasteiger partial charge in [-0.3, -0.25) is 0 Å². The molecule has 3 heteroatoms. The van der Waals surface area contributed by atoms with Crippen LogP contribution in [0.4, 0.5) is 0 Å². The average molecular weight is 462 g/mol. The highest BCUT2D eigenvalue weighted by Crippen LogP contribution is 2.55. The number of ether oxygens (including phenoxy) is 2. The molecule has 33 heavy (non-hydrogen) atoms. The number of unbranched alkanes of at least 4 members (excludes halogenated alkanes) is 6. The molecule has 0 unspecified atom stereocenters. The number of benzene rings is 3. The zero-order valence-electron chi connectivity index (χ0n) is 19.8. The molecule has 3 aromatic rings. The van der Waals surface area contributed by atoms with Crippen LogP contribution in [0.25, 0.3) is 0 Å². The summed E-state index contributed by atoms with van der Waals surface area (Å²) in [4.78, 5) is 0. The van der Waals surface area contributed by atoms with E-state index < -0.39 is 7.26 Å². The topological polar surface area (TPSA) is 18.5 Å². The van der Waals surface area contributed by atoms with Crippen LogP contribution in [-0.4, -0.2) is 25.7 Å². The summed E-state index contributed by atoms with van der Waals surface area (Å²) in [6.07, 6.45) is 11.4. The first-order chi connectivity index (χ1) is 16.4. The van der Waals surface area contributed by atoms with Gasteiger partial charge in [0.15, 0.2) is 6.29 Å². The Morgan fingerprint density at radius 1 is 0.515 bits per heavy atom. The lowest BCUT2D eigenvalue weighted by molar-refractivity contribution is -0.0480. The molecule has 0 bridgehead atoms. The van der Waals surface area contributed by atoms with E-state index in [1.54, 1.807) is 0 Å². The maximum atomic E-state index is 5.53. The average Bonchev–Trinajstić information content (AvgIpc) is 3.41. The van der Waals surface area contributed by atoms with Gasteiger partial charge in [0, 0.05) is 0 Å². The van der Waals surface area contributed by atoms with E-state index in [4.69, 9.17) is 9.47 Å². The third kappa shape index (κ3) is 6.54. The predicted octanol–water partition coefficient (Wildman–Crippen LogP) is 6.47. The van der Waals surface area contributed by atoms with Gasteiger partial charge in [-0.1, -0.05) is 80.3 Å². The van der Waals surface area contributed by atoms with Gasteiger partial charge in [-0.25, -0.2) is 0 Å². The molecule has 1 aliphatic heterocycles. The SMILES string of the molecule is c1ccc([P+](CCCCCCCCCC2OCCO2)(c2ccccc2)c2ccccc2)cc1. The Balaban J connectivity index is 1.36. The largest absolute Gasteiger partial charge is 0.350 e. The first-order valence-corrected chi connectivity index (χ1v) is 14.7. The van der Waals surface area contributed by atoms with Gasteiger partial charge in [-0.05, 0) is 62.1 Å². The lowest BCUT2D eigenvalue weighted by Crippen LogP contribution is -2.33. The van der Waals surface area contributed by atoms with E-state index in [0.29, 0.717) is 0 Å². The Kier molecular flexibility index (Phi) is 9.54. The van der Waals surface area contributed by atoms with Gasteiger partial charge in [0.1, 0.15) is 23.2 Å². The maximum Gasteiger partial charge on any atom is 0.157 e. The summed E-state index contributed by atoms with van der Waals surface area (Å²) in [5.74, 6) is 0. The Morgan fingerprint density at radius 2 is 0.909 bits per heavy atom. The van der Waals surface area contributed by atoms with Crippen LogP contribution < -0.4 is 15.9 Å². The zero-order valence-corrected chi connectivity index (χ0v) is 20.7. The molecule has 0 radical (unpaired) electrons. The quantitative estimate of drug-likeness (QED) is 0.214. The monoisotopic (exact) mass is 461 g/mol. The smallest absolute Gasteiger partial charge is 0.157 e. The molecule has 0 aliphatic carbocycles. The van der Waals surface area contributed by atoms with Crippen molar-refractivity contribution in [2.24, 2.45) is 0 Å².